The summed E-state index contributed by atoms with van der Waals surface area (Å²) in [6.45, 7) is 1.22. The molecule has 1 amide bonds. The van der Waals surface area contributed by atoms with Gasteiger partial charge in [-0.1, -0.05) is 23.5 Å². The number of rotatable bonds is 9. The number of carbonyl (C=O) groups excluding carboxylic acids is 2. The molecule has 0 saturated heterocycles. The molecule has 2 aromatic carbocycles. The molecule has 8 nitrogen and oxygen atoms in total. The van der Waals surface area contributed by atoms with Crippen molar-refractivity contribution in [3.8, 4) is 11.5 Å². The van der Waals surface area contributed by atoms with Gasteiger partial charge in [0.05, 0.1) is 32.5 Å². The summed E-state index contributed by atoms with van der Waals surface area (Å²) in [7, 11) is 8.42. The van der Waals surface area contributed by atoms with E-state index in [2.05, 4.69) is 4.90 Å². The van der Waals surface area contributed by atoms with Crippen LogP contribution < -0.4 is 14.4 Å². The minimum absolute atomic E-state index is 0.217. The van der Waals surface area contributed by atoms with E-state index in [9.17, 15) is 9.59 Å². The van der Waals surface area contributed by atoms with Gasteiger partial charge in [0.15, 0.2) is 5.13 Å². The van der Waals surface area contributed by atoms with Crippen LogP contribution in [0, 0.1) is 0 Å². The Morgan fingerprint density at radius 3 is 2.22 bits per heavy atom. The number of esters is 1. The molecule has 0 radical (unpaired) electrons. The van der Waals surface area contributed by atoms with Gasteiger partial charge in [-0.15, -0.1) is 0 Å². The largest absolute Gasteiger partial charge is 0.495 e. The number of aromatic nitrogens is 1. The maximum atomic E-state index is 13.7. The molecule has 0 saturated carbocycles. The molecule has 0 fully saturated rings. The minimum Gasteiger partial charge on any atom is -0.495 e. The van der Waals surface area contributed by atoms with Crippen molar-refractivity contribution in [2.75, 3.05) is 53.4 Å². The summed E-state index contributed by atoms with van der Waals surface area (Å²) in [4.78, 5) is 34.3. The first-order valence-corrected chi connectivity index (χ1v) is 10.9. The van der Waals surface area contributed by atoms with E-state index in [0.717, 1.165) is 17.7 Å². The SMILES string of the molecule is COC(=O)c1ccccc1C(=O)N(CCCN(C)C)c1nc2c(OC)ccc(OC)c2s1. The van der Waals surface area contributed by atoms with E-state index < -0.39 is 5.97 Å². The first-order valence-electron chi connectivity index (χ1n) is 10.1. The third kappa shape index (κ3) is 4.84. The second kappa shape index (κ2) is 10.4. The van der Waals surface area contributed by atoms with Crippen molar-refractivity contribution in [1.29, 1.82) is 0 Å². The van der Waals surface area contributed by atoms with Gasteiger partial charge in [0.25, 0.3) is 5.91 Å². The number of carbonyl (C=O) groups is 2. The Morgan fingerprint density at radius 1 is 0.938 bits per heavy atom. The molecule has 3 aromatic rings. The molecule has 9 heteroatoms. The summed E-state index contributed by atoms with van der Waals surface area (Å²) in [5.41, 5.74) is 1.11. The van der Waals surface area contributed by atoms with E-state index >= 15 is 0 Å². The maximum absolute atomic E-state index is 13.7. The van der Waals surface area contributed by atoms with Gasteiger partial charge in [-0.25, -0.2) is 9.78 Å². The predicted octanol–water partition coefficient (Wildman–Crippen LogP) is 3.70. The Balaban J connectivity index is 2.09. The number of amides is 1. The van der Waals surface area contributed by atoms with Gasteiger partial charge in [-0.05, 0) is 51.3 Å². The van der Waals surface area contributed by atoms with Crippen LogP contribution in [0.2, 0.25) is 0 Å². The molecule has 0 bridgehead atoms. The molecule has 1 aromatic heterocycles. The van der Waals surface area contributed by atoms with Crippen LogP contribution >= 0.6 is 11.3 Å². The quantitative estimate of drug-likeness (QED) is 0.453. The van der Waals surface area contributed by atoms with E-state index in [1.54, 1.807) is 49.5 Å². The molecule has 0 aliphatic heterocycles. The first-order chi connectivity index (χ1) is 15.4. The van der Waals surface area contributed by atoms with Gasteiger partial charge in [0, 0.05) is 6.54 Å². The number of nitrogens with zero attached hydrogens (tertiary/aromatic N) is 3. The van der Waals surface area contributed by atoms with Crippen molar-refractivity contribution in [1.82, 2.24) is 9.88 Å². The standard InChI is InChI=1S/C23H27N3O5S/c1-25(2)13-8-14-26(21(27)15-9-6-7-10-16(15)22(28)31-5)23-24-19-17(29-3)11-12-18(30-4)20(19)32-23/h6-7,9-12H,8,13-14H2,1-5H3. The van der Waals surface area contributed by atoms with Crippen LogP contribution in [0.3, 0.4) is 0 Å². The van der Waals surface area contributed by atoms with Crippen molar-refractivity contribution in [3.05, 3.63) is 47.5 Å². The summed E-state index contributed by atoms with van der Waals surface area (Å²) < 4.78 is 16.6. The van der Waals surface area contributed by atoms with Gasteiger partial charge in [-0.3, -0.25) is 9.69 Å². The Labute approximate surface area is 191 Å². The van der Waals surface area contributed by atoms with E-state index in [0.29, 0.717) is 28.7 Å². The molecule has 0 spiro atoms. The molecular formula is C23H27N3O5S. The Morgan fingerprint density at radius 2 is 1.59 bits per heavy atom. The van der Waals surface area contributed by atoms with E-state index in [4.69, 9.17) is 19.2 Å². The van der Waals surface area contributed by atoms with E-state index in [1.165, 1.54) is 18.4 Å². The van der Waals surface area contributed by atoms with Crippen molar-refractivity contribution in [3.63, 3.8) is 0 Å². The fourth-order valence-electron chi connectivity index (χ4n) is 3.32. The molecule has 1 heterocycles. The van der Waals surface area contributed by atoms with E-state index in [-0.39, 0.29) is 17.0 Å². The maximum Gasteiger partial charge on any atom is 0.338 e. The van der Waals surface area contributed by atoms with Gasteiger partial charge < -0.3 is 19.1 Å². The molecule has 32 heavy (non-hydrogen) atoms. The van der Waals surface area contributed by atoms with Gasteiger partial charge in [-0.2, -0.15) is 0 Å². The number of ether oxygens (including phenoxy) is 3. The summed E-state index contributed by atoms with van der Waals surface area (Å²) in [6.07, 6.45) is 0.726. The second-order valence-electron chi connectivity index (χ2n) is 7.30. The third-order valence-electron chi connectivity index (χ3n) is 4.92. The Kier molecular flexibility index (Phi) is 7.66. The van der Waals surface area contributed by atoms with Crippen LogP contribution in [-0.2, 0) is 4.74 Å². The van der Waals surface area contributed by atoms with Gasteiger partial charge in [0.1, 0.15) is 21.7 Å². The summed E-state index contributed by atoms with van der Waals surface area (Å²) in [6, 6.07) is 10.2. The topological polar surface area (TPSA) is 81.2 Å². The number of hydrogen-bond acceptors (Lipinski definition) is 8. The fraction of sp³-hybridized carbons (Fsp3) is 0.348. The zero-order valence-corrected chi connectivity index (χ0v) is 19.7. The number of fused-ring (bicyclic) bond motifs is 1. The fourth-order valence-corrected chi connectivity index (χ4v) is 4.42. The lowest BCUT2D eigenvalue weighted by molar-refractivity contribution is 0.0597. The van der Waals surface area contributed by atoms with Crippen LogP contribution in [0.1, 0.15) is 27.1 Å². The molecule has 0 unspecified atom stereocenters. The smallest absolute Gasteiger partial charge is 0.338 e. The zero-order valence-electron chi connectivity index (χ0n) is 18.9. The number of thiazole rings is 1. The molecule has 0 aliphatic carbocycles. The monoisotopic (exact) mass is 457 g/mol. The second-order valence-corrected chi connectivity index (χ2v) is 8.27. The highest BCUT2D eigenvalue weighted by molar-refractivity contribution is 7.22. The summed E-state index contributed by atoms with van der Waals surface area (Å²) in [5.74, 6) is 0.371. The van der Waals surface area contributed by atoms with Crippen molar-refractivity contribution in [2.24, 2.45) is 0 Å². The van der Waals surface area contributed by atoms with Crippen LogP contribution in [0.4, 0.5) is 5.13 Å². The zero-order chi connectivity index (χ0) is 23.3. The van der Waals surface area contributed by atoms with Crippen LogP contribution in [-0.4, -0.2) is 70.3 Å². The summed E-state index contributed by atoms with van der Waals surface area (Å²) >= 11 is 1.35. The van der Waals surface area contributed by atoms with Gasteiger partial charge >= 0.3 is 5.97 Å². The number of anilines is 1. The highest BCUT2D eigenvalue weighted by atomic mass is 32.1. The van der Waals surface area contributed by atoms with Crippen molar-refractivity contribution < 1.29 is 23.8 Å². The lowest BCUT2D eigenvalue weighted by atomic mass is 10.1. The number of benzene rings is 2. The molecule has 170 valence electrons. The molecular weight excluding hydrogens is 430 g/mol. The normalized spacial score (nSPS) is 10.9. The first kappa shape index (κ1) is 23.5. The Bertz CT molecular complexity index is 1070. The van der Waals surface area contributed by atoms with Crippen molar-refractivity contribution in [2.45, 2.75) is 6.42 Å². The number of methoxy groups -OCH3 is 3. The van der Waals surface area contributed by atoms with Gasteiger partial charge in [0.2, 0.25) is 0 Å². The lowest BCUT2D eigenvalue weighted by Crippen LogP contribution is -2.34. The highest BCUT2D eigenvalue weighted by Crippen LogP contribution is 2.40. The highest BCUT2D eigenvalue weighted by Gasteiger charge is 2.26. The lowest BCUT2D eigenvalue weighted by Gasteiger charge is -2.22. The van der Waals surface area contributed by atoms with E-state index in [1.807, 2.05) is 20.2 Å². The van der Waals surface area contributed by atoms with Crippen molar-refractivity contribution >= 4 is 38.6 Å². The molecule has 0 aliphatic rings. The molecule has 3 rings (SSSR count). The molecule has 0 N–H and O–H groups in total. The third-order valence-corrected chi connectivity index (χ3v) is 6.02. The van der Waals surface area contributed by atoms with Crippen LogP contribution in [0.15, 0.2) is 36.4 Å². The average molecular weight is 458 g/mol. The number of hydrogen-bond donors (Lipinski definition) is 0. The van der Waals surface area contributed by atoms with Crippen LogP contribution in [0.25, 0.3) is 10.2 Å². The minimum atomic E-state index is -0.560. The van der Waals surface area contributed by atoms with Crippen LogP contribution in [0.5, 0.6) is 11.5 Å². The predicted molar refractivity (Wildman–Crippen MR) is 125 cm³/mol. The summed E-state index contributed by atoms with van der Waals surface area (Å²) in [5, 5.41) is 0.506. The Hall–Kier alpha value is -3.17. The molecule has 0 atom stereocenters. The average Bonchev–Trinajstić information content (AvgIpc) is 3.25.